The van der Waals surface area contributed by atoms with E-state index in [1.165, 1.54) is 0 Å². The molecule has 0 heterocycles. The lowest BCUT2D eigenvalue weighted by molar-refractivity contribution is -0.141. The van der Waals surface area contributed by atoms with Crippen molar-refractivity contribution in [3.05, 3.63) is 89.5 Å². The lowest BCUT2D eigenvalue weighted by Crippen LogP contribution is -2.44. The van der Waals surface area contributed by atoms with Gasteiger partial charge < -0.3 is 24.4 Å². The number of carbonyl (C=O) groups is 2. The molecule has 3 aromatic carbocycles. The van der Waals surface area contributed by atoms with E-state index in [-0.39, 0.29) is 30.7 Å². The zero-order chi connectivity index (χ0) is 26.8. The van der Waals surface area contributed by atoms with E-state index in [1.54, 1.807) is 38.4 Å². The molecule has 0 spiro atoms. The average molecular weight is 505 g/mol. The van der Waals surface area contributed by atoms with Crippen molar-refractivity contribution >= 4 is 11.8 Å². The number of methoxy groups -OCH3 is 3. The lowest BCUT2D eigenvalue weighted by Gasteiger charge is -2.32. The normalized spacial score (nSPS) is 11.5. The molecular weight excluding hydrogens is 468 g/mol. The molecular formula is C30H36N2O5. The summed E-state index contributed by atoms with van der Waals surface area (Å²) in [5, 5.41) is 3.03. The molecule has 0 aromatic heterocycles. The monoisotopic (exact) mass is 504 g/mol. The number of benzene rings is 3. The molecule has 0 saturated carbocycles. The van der Waals surface area contributed by atoms with Crippen molar-refractivity contribution in [3.63, 3.8) is 0 Å². The molecule has 196 valence electrons. The summed E-state index contributed by atoms with van der Waals surface area (Å²) < 4.78 is 16.0. The zero-order valence-electron chi connectivity index (χ0n) is 22.2. The van der Waals surface area contributed by atoms with Crippen molar-refractivity contribution in [2.45, 2.75) is 32.9 Å². The number of carbonyl (C=O) groups excluding carboxylic acids is 2. The van der Waals surface area contributed by atoms with E-state index in [4.69, 9.17) is 14.2 Å². The average Bonchev–Trinajstić information content (AvgIpc) is 2.92. The Balaban J connectivity index is 2.00. The highest BCUT2D eigenvalue weighted by molar-refractivity contribution is 5.89. The number of amides is 2. The second kappa shape index (κ2) is 13.3. The predicted octanol–water partition coefficient (Wildman–Crippen LogP) is 4.80. The second-order valence-corrected chi connectivity index (χ2v) is 9.19. The molecule has 0 aliphatic carbocycles. The fourth-order valence-electron chi connectivity index (χ4n) is 4.03. The minimum absolute atomic E-state index is 0.0945. The predicted molar refractivity (Wildman–Crippen MR) is 144 cm³/mol. The molecule has 0 fully saturated rings. The number of hydrogen-bond donors (Lipinski definition) is 1. The van der Waals surface area contributed by atoms with E-state index in [2.05, 4.69) is 5.32 Å². The van der Waals surface area contributed by atoms with Crippen molar-refractivity contribution in [3.8, 4) is 17.2 Å². The largest absolute Gasteiger partial charge is 0.497 e. The lowest BCUT2D eigenvalue weighted by atomic mass is 10.0. The van der Waals surface area contributed by atoms with Gasteiger partial charge in [-0.15, -0.1) is 0 Å². The Bertz CT molecular complexity index is 1160. The summed E-state index contributed by atoms with van der Waals surface area (Å²) in [5.74, 6) is 1.73. The highest BCUT2D eigenvalue weighted by Gasteiger charge is 2.31. The summed E-state index contributed by atoms with van der Waals surface area (Å²) in [7, 11) is 4.74. The van der Waals surface area contributed by atoms with Crippen molar-refractivity contribution in [1.29, 1.82) is 0 Å². The van der Waals surface area contributed by atoms with Crippen LogP contribution in [0.1, 0.15) is 36.6 Å². The van der Waals surface area contributed by atoms with Crippen LogP contribution >= 0.6 is 0 Å². The highest BCUT2D eigenvalue weighted by atomic mass is 16.5. The van der Waals surface area contributed by atoms with Crippen LogP contribution < -0.4 is 19.5 Å². The number of nitrogens with one attached hydrogen (secondary N) is 1. The second-order valence-electron chi connectivity index (χ2n) is 9.19. The van der Waals surface area contributed by atoms with Crippen molar-refractivity contribution < 1.29 is 23.8 Å². The first-order valence-corrected chi connectivity index (χ1v) is 12.3. The van der Waals surface area contributed by atoms with E-state index in [0.717, 1.165) is 22.4 Å². The topological polar surface area (TPSA) is 77.1 Å². The van der Waals surface area contributed by atoms with Crippen molar-refractivity contribution in [2.75, 3.05) is 27.9 Å². The molecule has 0 aliphatic heterocycles. The summed E-state index contributed by atoms with van der Waals surface area (Å²) >= 11 is 0. The van der Waals surface area contributed by atoms with Gasteiger partial charge in [-0.05, 0) is 46.9 Å². The summed E-state index contributed by atoms with van der Waals surface area (Å²) in [6.45, 7) is 4.84. The van der Waals surface area contributed by atoms with Gasteiger partial charge in [-0.2, -0.15) is 0 Å². The Morgan fingerprint density at radius 2 is 1.46 bits per heavy atom. The molecule has 2 amide bonds. The molecule has 0 radical (unpaired) electrons. The molecule has 1 N–H and O–H groups in total. The number of nitrogens with zero attached hydrogens (tertiary/aromatic N) is 1. The maximum absolute atomic E-state index is 13.9. The summed E-state index contributed by atoms with van der Waals surface area (Å²) in [6, 6.07) is 21.5. The van der Waals surface area contributed by atoms with Gasteiger partial charge >= 0.3 is 0 Å². The highest BCUT2D eigenvalue weighted by Crippen LogP contribution is 2.29. The first-order chi connectivity index (χ1) is 17.9. The Morgan fingerprint density at radius 1 is 0.811 bits per heavy atom. The maximum Gasteiger partial charge on any atom is 0.247 e. The van der Waals surface area contributed by atoms with Gasteiger partial charge in [-0.25, -0.2) is 0 Å². The molecule has 0 aliphatic rings. The smallest absolute Gasteiger partial charge is 0.247 e. The van der Waals surface area contributed by atoms with Crippen LogP contribution in [0.3, 0.4) is 0 Å². The molecule has 0 bridgehead atoms. The van der Waals surface area contributed by atoms with E-state index < -0.39 is 6.04 Å². The third-order valence-electron chi connectivity index (χ3n) is 6.00. The van der Waals surface area contributed by atoms with Crippen LogP contribution in [-0.2, 0) is 22.6 Å². The van der Waals surface area contributed by atoms with Crippen LogP contribution in [0.25, 0.3) is 0 Å². The van der Waals surface area contributed by atoms with E-state index in [9.17, 15) is 9.59 Å². The first kappa shape index (κ1) is 27.6. The zero-order valence-corrected chi connectivity index (χ0v) is 22.2. The molecule has 3 rings (SSSR count). The molecule has 7 nitrogen and oxygen atoms in total. The van der Waals surface area contributed by atoms with Crippen molar-refractivity contribution in [2.24, 2.45) is 5.92 Å². The van der Waals surface area contributed by atoms with Crippen LogP contribution in [0.15, 0.2) is 72.8 Å². The van der Waals surface area contributed by atoms with Gasteiger partial charge in [0.15, 0.2) is 11.5 Å². The third kappa shape index (κ3) is 7.49. The molecule has 37 heavy (non-hydrogen) atoms. The standard InChI is InChI=1S/C30H36N2O5/c1-21(2)19-31-30(34)29(24-9-7-6-8-10-24)32(20-22-11-14-25(35-3)15-12-22)28(33)18-23-13-16-26(36-4)27(17-23)37-5/h6-17,21,29H,18-20H2,1-5H3,(H,31,34)/t29-/m1/s1. The van der Waals surface area contributed by atoms with Crippen LogP contribution in [0.2, 0.25) is 0 Å². The Labute approximate surface area is 219 Å². The van der Waals surface area contributed by atoms with Crippen molar-refractivity contribution in [1.82, 2.24) is 10.2 Å². The Kier molecular flexibility index (Phi) is 9.95. The maximum atomic E-state index is 13.9. The van der Waals surface area contributed by atoms with Crippen LogP contribution in [0, 0.1) is 5.92 Å². The summed E-state index contributed by atoms with van der Waals surface area (Å²) in [4.78, 5) is 29.1. The van der Waals surface area contributed by atoms with Crippen LogP contribution in [0.5, 0.6) is 17.2 Å². The van der Waals surface area contributed by atoms with E-state index >= 15 is 0 Å². The molecule has 0 unspecified atom stereocenters. The minimum atomic E-state index is -0.797. The van der Waals surface area contributed by atoms with E-state index in [0.29, 0.717) is 18.0 Å². The van der Waals surface area contributed by atoms with Gasteiger partial charge in [0, 0.05) is 13.1 Å². The fraction of sp³-hybridized carbons (Fsp3) is 0.333. The number of hydrogen-bond acceptors (Lipinski definition) is 5. The molecule has 7 heteroatoms. The summed E-state index contributed by atoms with van der Waals surface area (Å²) in [6.07, 6.45) is 0.0945. The quantitative estimate of drug-likeness (QED) is 0.384. The van der Waals surface area contributed by atoms with Crippen LogP contribution in [0.4, 0.5) is 0 Å². The molecule has 0 saturated heterocycles. The molecule has 3 aromatic rings. The first-order valence-electron chi connectivity index (χ1n) is 12.3. The van der Waals surface area contributed by atoms with E-state index in [1.807, 2.05) is 74.5 Å². The third-order valence-corrected chi connectivity index (χ3v) is 6.00. The fourth-order valence-corrected chi connectivity index (χ4v) is 4.03. The molecule has 1 atom stereocenters. The number of ether oxygens (including phenoxy) is 3. The summed E-state index contributed by atoms with van der Waals surface area (Å²) in [5.41, 5.74) is 2.40. The number of rotatable bonds is 12. The van der Waals surface area contributed by atoms with Gasteiger partial charge in [0.1, 0.15) is 11.8 Å². The Morgan fingerprint density at radius 3 is 2.05 bits per heavy atom. The van der Waals surface area contributed by atoms with Gasteiger partial charge in [0.25, 0.3) is 0 Å². The SMILES string of the molecule is COc1ccc(CN(C(=O)Cc2ccc(OC)c(OC)c2)[C@@H](C(=O)NCC(C)C)c2ccccc2)cc1. The van der Waals surface area contributed by atoms with Gasteiger partial charge in [0.2, 0.25) is 11.8 Å². The minimum Gasteiger partial charge on any atom is -0.497 e. The van der Waals surface area contributed by atoms with Gasteiger partial charge in [-0.3, -0.25) is 9.59 Å². The van der Waals surface area contributed by atoms with Gasteiger partial charge in [-0.1, -0.05) is 62.4 Å². The van der Waals surface area contributed by atoms with Crippen LogP contribution in [-0.4, -0.2) is 44.6 Å². The Hall–Kier alpha value is -4.00. The van der Waals surface area contributed by atoms with Gasteiger partial charge in [0.05, 0.1) is 27.8 Å².